The van der Waals surface area contributed by atoms with E-state index < -0.39 is 50.4 Å². The molecule has 0 saturated heterocycles. The smallest absolute Gasteiger partial charge is 0.412 e. The van der Waals surface area contributed by atoms with E-state index in [0.717, 1.165) is 6.07 Å². The van der Waals surface area contributed by atoms with Crippen molar-refractivity contribution in [3.8, 4) is 0 Å². The van der Waals surface area contributed by atoms with Gasteiger partial charge in [-0.15, -0.1) is 4.40 Å². The summed E-state index contributed by atoms with van der Waals surface area (Å²) in [6, 6.07) is 7.92. The number of halogens is 1. The van der Waals surface area contributed by atoms with Crippen LogP contribution in [0.1, 0.15) is 76.2 Å². The Hall–Kier alpha value is -3.60. The van der Waals surface area contributed by atoms with Crippen molar-refractivity contribution in [3.05, 3.63) is 53.3 Å². The summed E-state index contributed by atoms with van der Waals surface area (Å²) in [5.74, 6) is -3.65. The Kier molecular flexibility index (Phi) is 7.41. The van der Waals surface area contributed by atoms with Gasteiger partial charge < -0.3 is 10.1 Å². The highest BCUT2D eigenvalue weighted by Crippen LogP contribution is 2.45. The molecule has 39 heavy (non-hydrogen) atoms. The zero-order valence-electron chi connectivity index (χ0n) is 22.6. The molecule has 0 radical (unpaired) electrons. The van der Waals surface area contributed by atoms with Gasteiger partial charge in [0.2, 0.25) is 0 Å². The Morgan fingerprint density at radius 1 is 1.10 bits per heavy atom. The number of nitrogens with zero attached hydrogens (tertiary/aromatic N) is 1. The average Bonchev–Trinajstić information content (AvgIpc) is 2.82. The lowest BCUT2D eigenvalue weighted by atomic mass is 9.60. The van der Waals surface area contributed by atoms with Crippen molar-refractivity contribution in [2.75, 3.05) is 10.6 Å². The Labute approximate surface area is 227 Å². The summed E-state index contributed by atoms with van der Waals surface area (Å²) in [4.78, 5) is 39.6. The monoisotopic (exact) mass is 557 g/mol. The minimum absolute atomic E-state index is 0.0612. The molecule has 9 nitrogen and oxygen atoms in total. The zero-order valence-corrected chi connectivity index (χ0v) is 23.4. The van der Waals surface area contributed by atoms with E-state index in [9.17, 15) is 27.2 Å². The number of hydrogen-bond donors (Lipinski definition) is 2. The minimum Gasteiger partial charge on any atom is -0.444 e. The number of ketones is 2. The molecule has 2 aromatic rings. The topological polar surface area (TPSA) is 131 Å². The van der Waals surface area contributed by atoms with Crippen molar-refractivity contribution in [2.24, 2.45) is 10.3 Å². The fraction of sp³-hybridized carbons (Fsp3) is 0.429. The molecule has 2 N–H and O–H groups in total. The largest absolute Gasteiger partial charge is 0.444 e. The van der Waals surface area contributed by atoms with Gasteiger partial charge in [-0.3, -0.25) is 14.9 Å². The highest BCUT2D eigenvalue weighted by atomic mass is 32.2. The quantitative estimate of drug-likeness (QED) is 0.442. The number of nitrogens with one attached hydrogen (secondary N) is 2. The normalized spacial score (nSPS) is 19.3. The average molecular weight is 558 g/mol. The number of rotatable bonds is 6. The van der Waals surface area contributed by atoms with Gasteiger partial charge >= 0.3 is 6.09 Å². The highest BCUT2D eigenvalue weighted by Gasteiger charge is 2.53. The van der Waals surface area contributed by atoms with E-state index >= 15 is 0 Å². The van der Waals surface area contributed by atoms with Crippen LogP contribution in [0.15, 0.2) is 45.7 Å². The number of fused-ring (bicyclic) bond motifs is 2. The molecule has 0 spiro atoms. The molecular formula is C28H32FN3O6S. The van der Waals surface area contributed by atoms with Crippen LogP contribution in [0, 0.1) is 11.7 Å². The zero-order chi connectivity index (χ0) is 28.8. The van der Waals surface area contributed by atoms with Crippen LogP contribution in [-0.2, 0) is 25.0 Å². The number of anilines is 2. The number of hydrogen-bond acceptors (Lipinski definition) is 7. The molecule has 1 amide bonds. The van der Waals surface area contributed by atoms with Gasteiger partial charge in [-0.1, -0.05) is 32.8 Å². The molecule has 0 saturated carbocycles. The van der Waals surface area contributed by atoms with Crippen LogP contribution in [0.5, 0.6) is 0 Å². The van der Waals surface area contributed by atoms with Crippen LogP contribution >= 0.6 is 0 Å². The van der Waals surface area contributed by atoms with Crippen LogP contribution < -0.4 is 10.6 Å². The molecule has 208 valence electrons. The molecule has 0 fully saturated rings. The molecular weight excluding hydrogens is 525 g/mol. The Balaban J connectivity index is 1.76. The Morgan fingerprint density at radius 2 is 1.77 bits per heavy atom. The van der Waals surface area contributed by atoms with Gasteiger partial charge in [-0.05, 0) is 69.5 Å². The van der Waals surface area contributed by atoms with Crippen molar-refractivity contribution in [3.63, 3.8) is 0 Å². The number of benzene rings is 2. The van der Waals surface area contributed by atoms with Gasteiger partial charge in [0, 0.05) is 11.3 Å². The van der Waals surface area contributed by atoms with Crippen molar-refractivity contribution in [1.29, 1.82) is 0 Å². The lowest BCUT2D eigenvalue weighted by Crippen LogP contribution is -2.52. The highest BCUT2D eigenvalue weighted by molar-refractivity contribution is 7.90. The van der Waals surface area contributed by atoms with E-state index in [-0.39, 0.29) is 27.7 Å². The van der Waals surface area contributed by atoms with E-state index in [4.69, 9.17) is 4.74 Å². The number of amidine groups is 1. The van der Waals surface area contributed by atoms with E-state index in [1.807, 2.05) is 13.8 Å². The first-order valence-electron chi connectivity index (χ1n) is 12.9. The van der Waals surface area contributed by atoms with Crippen LogP contribution in [0.2, 0.25) is 0 Å². The third-order valence-corrected chi connectivity index (χ3v) is 8.10. The maximum atomic E-state index is 14.3. The second-order valence-corrected chi connectivity index (χ2v) is 12.4. The first-order chi connectivity index (χ1) is 18.2. The van der Waals surface area contributed by atoms with Crippen molar-refractivity contribution >= 4 is 44.9 Å². The summed E-state index contributed by atoms with van der Waals surface area (Å²) in [5, 5.41) is 5.35. The first kappa shape index (κ1) is 28.4. The summed E-state index contributed by atoms with van der Waals surface area (Å²) in [5.41, 5.74) is -1.05. The Bertz CT molecular complexity index is 1490. The maximum Gasteiger partial charge on any atom is 0.412 e. The van der Waals surface area contributed by atoms with Gasteiger partial charge in [0.05, 0.1) is 11.1 Å². The van der Waals surface area contributed by atoms with Crippen molar-refractivity contribution in [2.45, 2.75) is 76.2 Å². The molecule has 1 aliphatic carbocycles. The number of ether oxygens (including phenoxy) is 1. The molecule has 0 bridgehead atoms. The second-order valence-electron chi connectivity index (χ2n) is 10.8. The molecule has 4 rings (SSSR count). The SMILES string of the molecule is CCCC1(CCC)C(=O)C(C2=NS(=O)(=O)c3cc(NC(=O)OC(C)(C)C)ccc3N2)C(=O)c2cc(F)ccc21. The molecule has 1 heterocycles. The molecule has 11 heteroatoms. The number of sulfonamides is 1. The number of Topliss-reactive ketones (excluding diaryl/α,β-unsaturated/α-hetero) is 2. The van der Waals surface area contributed by atoms with Gasteiger partial charge in [-0.2, -0.15) is 8.42 Å². The number of carbonyl (C=O) groups excluding carboxylic acids is 3. The van der Waals surface area contributed by atoms with E-state index in [1.54, 1.807) is 20.8 Å². The predicted octanol–water partition coefficient (Wildman–Crippen LogP) is 5.61. The number of carbonyl (C=O) groups is 3. The lowest BCUT2D eigenvalue weighted by molar-refractivity contribution is -0.126. The van der Waals surface area contributed by atoms with Crippen molar-refractivity contribution < 1.29 is 31.9 Å². The van der Waals surface area contributed by atoms with Gasteiger partial charge in [0.25, 0.3) is 10.0 Å². The van der Waals surface area contributed by atoms with Gasteiger partial charge in [0.1, 0.15) is 28.1 Å². The molecule has 1 atom stereocenters. The number of amides is 1. The predicted molar refractivity (Wildman–Crippen MR) is 145 cm³/mol. The van der Waals surface area contributed by atoms with Gasteiger partial charge in [-0.25, -0.2) is 9.18 Å². The van der Waals surface area contributed by atoms with Gasteiger partial charge in [0.15, 0.2) is 11.6 Å². The van der Waals surface area contributed by atoms with E-state index in [2.05, 4.69) is 15.0 Å². The minimum atomic E-state index is -4.37. The summed E-state index contributed by atoms with van der Waals surface area (Å²) < 4.78 is 49.9. The molecule has 1 unspecified atom stereocenters. The van der Waals surface area contributed by atoms with Crippen molar-refractivity contribution in [1.82, 2.24) is 0 Å². The fourth-order valence-corrected chi connectivity index (χ4v) is 6.55. The molecule has 0 aromatic heterocycles. The fourth-order valence-electron chi connectivity index (χ4n) is 5.37. The molecule has 2 aromatic carbocycles. The maximum absolute atomic E-state index is 14.3. The van der Waals surface area contributed by atoms with Crippen LogP contribution in [-0.4, -0.2) is 37.5 Å². The first-order valence-corrected chi connectivity index (χ1v) is 14.3. The van der Waals surface area contributed by atoms with E-state index in [0.29, 0.717) is 31.2 Å². The van der Waals surface area contributed by atoms with Crippen LogP contribution in [0.25, 0.3) is 0 Å². The molecule has 1 aliphatic heterocycles. The van der Waals surface area contributed by atoms with Crippen LogP contribution in [0.4, 0.5) is 20.6 Å². The van der Waals surface area contributed by atoms with Crippen LogP contribution in [0.3, 0.4) is 0 Å². The summed E-state index contributed by atoms with van der Waals surface area (Å²) in [7, 11) is -4.37. The third kappa shape index (κ3) is 5.32. The molecule has 2 aliphatic rings. The summed E-state index contributed by atoms with van der Waals surface area (Å²) >= 11 is 0. The summed E-state index contributed by atoms with van der Waals surface area (Å²) in [6.07, 6.45) is 1.31. The van der Waals surface area contributed by atoms with E-state index in [1.165, 1.54) is 30.3 Å². The Morgan fingerprint density at radius 3 is 2.38 bits per heavy atom. The lowest BCUT2D eigenvalue weighted by Gasteiger charge is -2.41. The summed E-state index contributed by atoms with van der Waals surface area (Å²) in [6.45, 7) is 8.92. The standard InChI is InChI=1S/C28H32FN3O6S/c1-6-12-28(13-7-2)19-10-8-16(29)14-18(19)23(33)22(24(28)34)25-31-20-11-9-17(15-21(20)39(36,37)32-25)30-26(35)38-27(3,4)5/h8-11,14-15,22H,6-7,12-13H2,1-5H3,(H,30,35)(H,31,32). The second kappa shape index (κ2) is 10.2. The third-order valence-electron chi connectivity index (χ3n) is 6.77.